The van der Waals surface area contributed by atoms with Crippen LogP contribution in [0.2, 0.25) is 5.02 Å². The molecule has 0 heterocycles. The second-order valence-corrected chi connectivity index (χ2v) is 5.08. The molecule has 0 amide bonds. The van der Waals surface area contributed by atoms with Crippen molar-refractivity contribution in [2.75, 3.05) is 6.61 Å². The Morgan fingerprint density at radius 2 is 2.16 bits per heavy atom. The van der Waals surface area contributed by atoms with Crippen LogP contribution in [-0.4, -0.2) is 17.7 Å². The van der Waals surface area contributed by atoms with Crippen LogP contribution in [0.5, 0.6) is 5.75 Å². The molecule has 3 nitrogen and oxygen atoms in total. The maximum absolute atomic E-state index is 10.8. The molecule has 0 spiro atoms. The summed E-state index contributed by atoms with van der Waals surface area (Å²) >= 11 is 5.90. The fourth-order valence-corrected chi connectivity index (χ4v) is 2.12. The van der Waals surface area contributed by atoms with Gasteiger partial charge in [0.1, 0.15) is 5.75 Å². The first-order chi connectivity index (χ1) is 9.08. The predicted octanol–water partition coefficient (Wildman–Crippen LogP) is 4.63. The highest BCUT2D eigenvalue weighted by Crippen LogP contribution is 2.23. The summed E-state index contributed by atoms with van der Waals surface area (Å²) < 4.78 is 5.69. The Bertz CT molecular complexity index is 418. The number of halogens is 1. The number of benzene rings is 1. The first kappa shape index (κ1) is 15.8. The fraction of sp³-hybridized carbons (Fsp3) is 0.533. The summed E-state index contributed by atoms with van der Waals surface area (Å²) in [6.07, 6.45) is 4.64. The van der Waals surface area contributed by atoms with Gasteiger partial charge in [0.2, 0.25) is 0 Å². The molecule has 1 atom stereocenters. The molecule has 0 aliphatic heterocycles. The number of carbonyl (C=O) groups is 1. The van der Waals surface area contributed by atoms with Gasteiger partial charge >= 0.3 is 5.97 Å². The molecular weight excluding hydrogens is 264 g/mol. The average Bonchev–Trinajstić information content (AvgIpc) is 2.38. The van der Waals surface area contributed by atoms with E-state index in [1.54, 1.807) is 12.1 Å². The molecule has 1 aromatic carbocycles. The molecule has 4 heteroatoms. The fourth-order valence-electron chi connectivity index (χ4n) is 1.87. The van der Waals surface area contributed by atoms with Crippen molar-refractivity contribution in [2.24, 2.45) is 5.92 Å². The summed E-state index contributed by atoms with van der Waals surface area (Å²) in [7, 11) is 0. The number of unbranched alkanes of at least 4 members (excludes halogenated alkanes) is 1. The van der Waals surface area contributed by atoms with E-state index in [-0.39, 0.29) is 10.6 Å². The second-order valence-electron chi connectivity index (χ2n) is 4.67. The largest absolute Gasteiger partial charge is 0.493 e. The standard InChI is InChI=1S/C15H21ClO3/c1-3-5-6-11(4-2)10-19-12-7-8-13(15(17)18)14(16)9-12/h7-9,11H,3-6,10H2,1-2H3,(H,17,18). The number of rotatable bonds is 8. The molecule has 1 unspecified atom stereocenters. The summed E-state index contributed by atoms with van der Waals surface area (Å²) in [5.74, 6) is 0.147. The van der Waals surface area contributed by atoms with Crippen molar-refractivity contribution in [3.63, 3.8) is 0 Å². The SMILES string of the molecule is CCCCC(CC)COc1ccc(C(=O)O)c(Cl)c1. The first-order valence-electron chi connectivity index (χ1n) is 6.74. The summed E-state index contributed by atoms with van der Waals surface area (Å²) in [4.78, 5) is 10.8. The summed E-state index contributed by atoms with van der Waals surface area (Å²) in [5, 5.41) is 9.10. The van der Waals surface area contributed by atoms with Crippen molar-refractivity contribution in [1.29, 1.82) is 0 Å². The Morgan fingerprint density at radius 1 is 1.42 bits per heavy atom. The van der Waals surface area contributed by atoms with Crippen LogP contribution in [-0.2, 0) is 0 Å². The Labute approximate surface area is 119 Å². The van der Waals surface area contributed by atoms with E-state index in [4.69, 9.17) is 21.4 Å². The van der Waals surface area contributed by atoms with Gasteiger partial charge < -0.3 is 9.84 Å². The monoisotopic (exact) mass is 284 g/mol. The molecule has 0 aliphatic rings. The molecule has 0 fully saturated rings. The van der Waals surface area contributed by atoms with Crippen molar-refractivity contribution in [3.8, 4) is 5.75 Å². The quantitative estimate of drug-likeness (QED) is 0.757. The van der Waals surface area contributed by atoms with E-state index in [2.05, 4.69) is 13.8 Å². The lowest BCUT2D eigenvalue weighted by Gasteiger charge is -2.15. The molecule has 0 bridgehead atoms. The number of hydrogen-bond donors (Lipinski definition) is 1. The van der Waals surface area contributed by atoms with E-state index < -0.39 is 5.97 Å². The Hall–Kier alpha value is -1.22. The minimum Gasteiger partial charge on any atom is -0.493 e. The van der Waals surface area contributed by atoms with Crippen LogP contribution in [0, 0.1) is 5.92 Å². The van der Waals surface area contributed by atoms with Crippen LogP contribution in [0.4, 0.5) is 0 Å². The zero-order valence-corrected chi connectivity index (χ0v) is 12.2. The smallest absolute Gasteiger partial charge is 0.337 e. The van der Waals surface area contributed by atoms with Crippen molar-refractivity contribution < 1.29 is 14.6 Å². The Kier molecular flexibility index (Phi) is 6.71. The highest BCUT2D eigenvalue weighted by Gasteiger charge is 2.11. The van der Waals surface area contributed by atoms with Crippen LogP contribution >= 0.6 is 11.6 Å². The lowest BCUT2D eigenvalue weighted by molar-refractivity contribution is 0.0697. The topological polar surface area (TPSA) is 46.5 Å². The molecule has 106 valence electrons. The molecule has 0 radical (unpaired) electrons. The van der Waals surface area contributed by atoms with E-state index >= 15 is 0 Å². The minimum absolute atomic E-state index is 0.104. The normalized spacial score (nSPS) is 12.2. The van der Waals surface area contributed by atoms with Crippen LogP contribution in [0.15, 0.2) is 18.2 Å². The van der Waals surface area contributed by atoms with E-state index in [0.717, 1.165) is 12.8 Å². The molecule has 0 saturated heterocycles. The van der Waals surface area contributed by atoms with Crippen LogP contribution in [0.25, 0.3) is 0 Å². The third-order valence-electron chi connectivity index (χ3n) is 3.20. The van der Waals surface area contributed by atoms with Gasteiger partial charge in [-0.3, -0.25) is 0 Å². The number of carboxylic acid groups (broad SMARTS) is 1. The van der Waals surface area contributed by atoms with Crippen molar-refractivity contribution in [2.45, 2.75) is 39.5 Å². The summed E-state index contributed by atoms with van der Waals surface area (Å²) in [6, 6.07) is 4.70. The summed E-state index contributed by atoms with van der Waals surface area (Å²) in [6.45, 7) is 4.99. The predicted molar refractivity (Wildman–Crippen MR) is 77.2 cm³/mol. The summed E-state index contributed by atoms with van der Waals surface area (Å²) in [5.41, 5.74) is 0.104. The first-order valence-corrected chi connectivity index (χ1v) is 7.11. The van der Waals surface area contributed by atoms with Gasteiger partial charge in [-0.2, -0.15) is 0 Å². The van der Waals surface area contributed by atoms with Gasteiger partial charge in [0.15, 0.2) is 0 Å². The minimum atomic E-state index is -1.02. The van der Waals surface area contributed by atoms with Crippen molar-refractivity contribution in [3.05, 3.63) is 28.8 Å². The van der Waals surface area contributed by atoms with E-state index in [0.29, 0.717) is 18.3 Å². The Balaban J connectivity index is 2.57. The highest BCUT2D eigenvalue weighted by atomic mass is 35.5. The third kappa shape index (κ3) is 5.11. The maximum atomic E-state index is 10.8. The zero-order valence-electron chi connectivity index (χ0n) is 11.5. The van der Waals surface area contributed by atoms with Gasteiger partial charge in [0.25, 0.3) is 0 Å². The molecule has 1 aromatic rings. The van der Waals surface area contributed by atoms with E-state index in [1.165, 1.54) is 18.9 Å². The van der Waals surface area contributed by atoms with Gasteiger partial charge in [0.05, 0.1) is 17.2 Å². The van der Waals surface area contributed by atoms with Crippen LogP contribution in [0.3, 0.4) is 0 Å². The van der Waals surface area contributed by atoms with E-state index in [1.807, 2.05) is 0 Å². The molecule has 1 N–H and O–H groups in total. The van der Waals surface area contributed by atoms with Gasteiger partial charge in [-0.25, -0.2) is 4.79 Å². The maximum Gasteiger partial charge on any atom is 0.337 e. The zero-order chi connectivity index (χ0) is 14.3. The lowest BCUT2D eigenvalue weighted by Crippen LogP contribution is -2.11. The Morgan fingerprint density at radius 3 is 2.68 bits per heavy atom. The molecular formula is C15H21ClO3. The lowest BCUT2D eigenvalue weighted by atomic mass is 10.0. The number of aromatic carboxylic acids is 1. The average molecular weight is 285 g/mol. The van der Waals surface area contributed by atoms with Gasteiger partial charge in [-0.15, -0.1) is 0 Å². The third-order valence-corrected chi connectivity index (χ3v) is 3.51. The molecule has 0 saturated carbocycles. The second kappa shape index (κ2) is 8.05. The number of carboxylic acids is 1. The van der Waals surface area contributed by atoms with Gasteiger partial charge in [-0.05, 0) is 30.5 Å². The van der Waals surface area contributed by atoms with Crippen LogP contribution < -0.4 is 4.74 Å². The van der Waals surface area contributed by atoms with Crippen LogP contribution in [0.1, 0.15) is 49.9 Å². The van der Waals surface area contributed by atoms with E-state index in [9.17, 15) is 4.79 Å². The van der Waals surface area contributed by atoms with Gasteiger partial charge in [-0.1, -0.05) is 44.7 Å². The van der Waals surface area contributed by atoms with Crippen molar-refractivity contribution in [1.82, 2.24) is 0 Å². The molecule has 0 aliphatic carbocycles. The van der Waals surface area contributed by atoms with Crippen molar-refractivity contribution >= 4 is 17.6 Å². The van der Waals surface area contributed by atoms with Gasteiger partial charge in [0, 0.05) is 0 Å². The highest BCUT2D eigenvalue weighted by molar-refractivity contribution is 6.33. The molecule has 0 aromatic heterocycles. The number of hydrogen-bond acceptors (Lipinski definition) is 2. The number of ether oxygens (including phenoxy) is 1. The molecule has 19 heavy (non-hydrogen) atoms. The molecule has 1 rings (SSSR count).